The van der Waals surface area contributed by atoms with Gasteiger partial charge in [-0.2, -0.15) is 0 Å². The second kappa shape index (κ2) is 5.92. The van der Waals surface area contributed by atoms with Crippen LogP contribution in [0.25, 0.3) is 0 Å². The minimum Gasteiger partial charge on any atom is -0.490 e. The quantitative estimate of drug-likeness (QED) is 0.860. The Hall–Kier alpha value is -1.07. The Morgan fingerprint density at radius 3 is 2.74 bits per heavy atom. The van der Waals surface area contributed by atoms with Gasteiger partial charge in [0.1, 0.15) is 6.33 Å². The molecule has 1 N–H and O–H groups in total. The van der Waals surface area contributed by atoms with E-state index in [0.717, 1.165) is 19.6 Å². The van der Waals surface area contributed by atoms with Gasteiger partial charge in [0.05, 0.1) is 7.11 Å². The summed E-state index contributed by atoms with van der Waals surface area (Å²) in [6, 6.07) is 0. The molecule has 1 saturated heterocycles. The van der Waals surface area contributed by atoms with Gasteiger partial charge >= 0.3 is 0 Å². The highest BCUT2D eigenvalue weighted by Gasteiger charge is 2.29. The number of anilines is 1. The van der Waals surface area contributed by atoms with Crippen molar-refractivity contribution < 1.29 is 4.74 Å². The molecule has 0 saturated carbocycles. The minimum atomic E-state index is 0.287. The molecule has 1 aromatic rings. The largest absolute Gasteiger partial charge is 0.490 e. The number of piperidine rings is 1. The summed E-state index contributed by atoms with van der Waals surface area (Å²) in [7, 11) is 3.74. The molecule has 0 radical (unpaired) electrons. The Bertz CT molecular complexity index is 433. The third-order valence-corrected chi connectivity index (χ3v) is 4.11. The molecule has 1 aliphatic heterocycles. The Morgan fingerprint density at radius 1 is 1.42 bits per heavy atom. The molecule has 2 heterocycles. The number of rotatable bonds is 4. The summed E-state index contributed by atoms with van der Waals surface area (Å²) in [4.78, 5) is 10.5. The highest BCUT2D eigenvalue weighted by Crippen LogP contribution is 2.33. The van der Waals surface area contributed by atoms with E-state index in [4.69, 9.17) is 16.3 Å². The van der Waals surface area contributed by atoms with E-state index >= 15 is 0 Å². The Balaban J connectivity index is 2.01. The first-order valence-corrected chi connectivity index (χ1v) is 6.89. The fraction of sp³-hybridized carbons (Fsp3) is 0.692. The van der Waals surface area contributed by atoms with Gasteiger partial charge in [-0.15, -0.1) is 0 Å². The summed E-state index contributed by atoms with van der Waals surface area (Å²) in [6.45, 7) is 5.45. The van der Waals surface area contributed by atoms with Crippen LogP contribution in [0.4, 0.5) is 5.82 Å². The van der Waals surface area contributed by atoms with Crippen LogP contribution in [0.1, 0.15) is 19.8 Å². The molecule has 0 unspecified atom stereocenters. The van der Waals surface area contributed by atoms with E-state index in [0.29, 0.717) is 16.7 Å². The van der Waals surface area contributed by atoms with Crippen molar-refractivity contribution in [2.45, 2.75) is 19.8 Å². The molecule has 1 fully saturated rings. The minimum absolute atomic E-state index is 0.287. The maximum Gasteiger partial charge on any atom is 0.198 e. The summed E-state index contributed by atoms with van der Waals surface area (Å²) in [5, 5.41) is 3.69. The van der Waals surface area contributed by atoms with Crippen LogP contribution in [-0.4, -0.2) is 48.7 Å². The van der Waals surface area contributed by atoms with Crippen molar-refractivity contribution in [1.82, 2.24) is 14.9 Å². The van der Waals surface area contributed by atoms with Crippen LogP contribution >= 0.6 is 11.6 Å². The number of halogens is 1. The van der Waals surface area contributed by atoms with Crippen molar-refractivity contribution in [2.24, 2.45) is 5.41 Å². The number of hydrogen-bond donors (Lipinski definition) is 1. The Morgan fingerprint density at radius 2 is 2.11 bits per heavy atom. The topological polar surface area (TPSA) is 50.3 Å². The molecular weight excluding hydrogens is 264 g/mol. The van der Waals surface area contributed by atoms with Gasteiger partial charge in [0.25, 0.3) is 0 Å². The third kappa shape index (κ3) is 3.48. The SMILES string of the molecule is COc1c(Cl)ncnc1NCC1(C)CCN(C)CC1. The van der Waals surface area contributed by atoms with E-state index in [1.807, 2.05) is 0 Å². The number of hydrogen-bond acceptors (Lipinski definition) is 5. The average Bonchev–Trinajstić information content (AvgIpc) is 2.40. The molecule has 0 amide bonds. The van der Waals surface area contributed by atoms with Crippen LogP contribution < -0.4 is 10.1 Å². The fourth-order valence-corrected chi connectivity index (χ4v) is 2.50. The maximum absolute atomic E-state index is 5.98. The monoisotopic (exact) mass is 284 g/mol. The number of likely N-dealkylation sites (tertiary alicyclic amines) is 1. The van der Waals surface area contributed by atoms with Gasteiger partial charge in [-0.25, -0.2) is 9.97 Å². The highest BCUT2D eigenvalue weighted by molar-refractivity contribution is 6.31. The van der Waals surface area contributed by atoms with Crippen LogP contribution in [0.5, 0.6) is 5.75 Å². The zero-order chi connectivity index (χ0) is 13.9. The first kappa shape index (κ1) is 14.3. The van der Waals surface area contributed by atoms with Gasteiger partial charge in [0.2, 0.25) is 0 Å². The van der Waals surface area contributed by atoms with Crippen LogP contribution in [0, 0.1) is 5.41 Å². The zero-order valence-corrected chi connectivity index (χ0v) is 12.5. The lowest BCUT2D eigenvalue weighted by atomic mass is 9.80. The second-order valence-electron chi connectivity index (χ2n) is 5.51. The normalized spacial score (nSPS) is 19.2. The van der Waals surface area contributed by atoms with Crippen LogP contribution in [0.2, 0.25) is 5.15 Å². The molecule has 2 rings (SSSR count). The van der Waals surface area contributed by atoms with Crippen LogP contribution in [0.3, 0.4) is 0 Å². The molecule has 1 aromatic heterocycles. The van der Waals surface area contributed by atoms with E-state index in [1.54, 1.807) is 7.11 Å². The van der Waals surface area contributed by atoms with Gasteiger partial charge in [-0.3, -0.25) is 0 Å². The van der Waals surface area contributed by atoms with E-state index < -0.39 is 0 Å². The lowest BCUT2D eigenvalue weighted by Crippen LogP contribution is -2.40. The van der Waals surface area contributed by atoms with Gasteiger partial charge in [0.15, 0.2) is 16.7 Å². The lowest BCUT2D eigenvalue weighted by molar-refractivity contribution is 0.150. The molecule has 6 heteroatoms. The van der Waals surface area contributed by atoms with Crippen molar-refractivity contribution >= 4 is 17.4 Å². The van der Waals surface area contributed by atoms with E-state index in [1.165, 1.54) is 19.2 Å². The maximum atomic E-state index is 5.98. The van der Waals surface area contributed by atoms with E-state index in [-0.39, 0.29) is 5.41 Å². The number of nitrogens with zero attached hydrogens (tertiary/aromatic N) is 3. The van der Waals surface area contributed by atoms with Crippen molar-refractivity contribution in [1.29, 1.82) is 0 Å². The molecule has 0 bridgehead atoms. The molecule has 0 aromatic carbocycles. The van der Waals surface area contributed by atoms with Gasteiger partial charge in [-0.1, -0.05) is 18.5 Å². The summed E-state index contributed by atoms with van der Waals surface area (Å²) in [6.07, 6.45) is 3.80. The lowest BCUT2D eigenvalue weighted by Gasteiger charge is -2.38. The predicted molar refractivity (Wildman–Crippen MR) is 76.9 cm³/mol. The molecule has 19 heavy (non-hydrogen) atoms. The molecule has 0 atom stereocenters. The smallest absolute Gasteiger partial charge is 0.198 e. The van der Waals surface area contributed by atoms with Crippen molar-refractivity contribution in [3.8, 4) is 5.75 Å². The van der Waals surface area contributed by atoms with E-state index in [2.05, 4.69) is 34.2 Å². The summed E-state index contributed by atoms with van der Waals surface area (Å²) < 4.78 is 5.24. The molecule has 1 aliphatic rings. The first-order chi connectivity index (χ1) is 9.04. The number of aromatic nitrogens is 2. The summed E-state index contributed by atoms with van der Waals surface area (Å²) >= 11 is 5.98. The van der Waals surface area contributed by atoms with Crippen molar-refractivity contribution in [3.05, 3.63) is 11.5 Å². The van der Waals surface area contributed by atoms with Gasteiger partial charge < -0.3 is 15.0 Å². The third-order valence-electron chi connectivity index (χ3n) is 3.84. The molecule has 5 nitrogen and oxygen atoms in total. The molecule has 0 spiro atoms. The van der Waals surface area contributed by atoms with Gasteiger partial charge in [0, 0.05) is 6.54 Å². The Labute approximate surface area is 119 Å². The summed E-state index contributed by atoms with van der Waals surface area (Å²) in [5.41, 5.74) is 0.287. The molecule has 106 valence electrons. The molecule has 0 aliphatic carbocycles. The van der Waals surface area contributed by atoms with Crippen LogP contribution in [-0.2, 0) is 0 Å². The first-order valence-electron chi connectivity index (χ1n) is 6.51. The van der Waals surface area contributed by atoms with E-state index in [9.17, 15) is 0 Å². The Kier molecular flexibility index (Phi) is 4.47. The predicted octanol–water partition coefficient (Wildman–Crippen LogP) is 2.28. The highest BCUT2D eigenvalue weighted by atomic mass is 35.5. The number of nitrogens with one attached hydrogen (secondary N) is 1. The standard InChI is InChI=1S/C13H21ClN4O/c1-13(4-6-18(2)7-5-13)8-15-12-10(19-3)11(14)16-9-17-12/h9H,4-8H2,1-3H3,(H,15,16,17). The van der Waals surface area contributed by atoms with Gasteiger partial charge in [-0.05, 0) is 38.4 Å². The van der Waals surface area contributed by atoms with Crippen molar-refractivity contribution in [2.75, 3.05) is 39.1 Å². The number of methoxy groups -OCH3 is 1. The second-order valence-corrected chi connectivity index (χ2v) is 5.87. The number of ether oxygens (including phenoxy) is 1. The molecular formula is C13H21ClN4O. The van der Waals surface area contributed by atoms with Crippen LogP contribution in [0.15, 0.2) is 6.33 Å². The van der Waals surface area contributed by atoms with Crippen molar-refractivity contribution in [3.63, 3.8) is 0 Å². The summed E-state index contributed by atoms with van der Waals surface area (Å²) in [5.74, 6) is 1.18. The fourth-order valence-electron chi connectivity index (χ4n) is 2.29. The zero-order valence-electron chi connectivity index (χ0n) is 11.7. The average molecular weight is 285 g/mol.